The third-order valence-corrected chi connectivity index (χ3v) is 5.37. The number of benzene rings is 2. The van der Waals surface area contributed by atoms with E-state index in [4.69, 9.17) is 9.47 Å². The molecule has 9 nitrogen and oxygen atoms in total. The lowest BCUT2D eigenvalue weighted by molar-refractivity contribution is 0.0493. The first-order chi connectivity index (χ1) is 16.5. The van der Waals surface area contributed by atoms with Gasteiger partial charge in [-0.05, 0) is 42.3 Å². The summed E-state index contributed by atoms with van der Waals surface area (Å²) in [6, 6.07) is 17.0. The van der Waals surface area contributed by atoms with Crippen molar-refractivity contribution in [2.24, 2.45) is 5.10 Å². The first kappa shape index (κ1) is 22.8. The number of carbonyl (C=O) groups is 2. The van der Waals surface area contributed by atoms with Crippen molar-refractivity contribution >= 4 is 17.7 Å². The number of hydrazone groups is 1. The number of amides is 2. The maximum absolute atomic E-state index is 13.0. The number of hydrogen-bond donors (Lipinski definition) is 2. The highest BCUT2D eigenvalue weighted by Crippen LogP contribution is 2.30. The van der Waals surface area contributed by atoms with Gasteiger partial charge in [-0.1, -0.05) is 37.3 Å². The lowest BCUT2D eigenvalue weighted by Gasteiger charge is -2.34. The third-order valence-electron chi connectivity index (χ3n) is 5.37. The standard InChI is InChI=1S/C25H24N4O5/c1-3-20-22(18-9-10-21(33-2)19(30)15-18)28-29(25(32)34-20)23(16-7-5-4-6-8-16)27-24(31)17-11-13-26-14-12-17/h4-15,20,23,30H,3H2,1-2H3,(H,27,31). The van der Waals surface area contributed by atoms with Gasteiger partial charge in [0.2, 0.25) is 0 Å². The Morgan fingerprint density at radius 1 is 1.18 bits per heavy atom. The Bertz CT molecular complexity index is 1200. The minimum atomic E-state index is -0.936. The van der Waals surface area contributed by atoms with Crippen LogP contribution in [0.15, 0.2) is 78.2 Å². The molecule has 4 rings (SSSR count). The van der Waals surface area contributed by atoms with Crippen molar-refractivity contribution in [3.8, 4) is 11.5 Å². The average Bonchev–Trinajstić information content (AvgIpc) is 2.88. The summed E-state index contributed by atoms with van der Waals surface area (Å²) in [7, 11) is 1.46. The Morgan fingerprint density at radius 2 is 1.91 bits per heavy atom. The zero-order chi connectivity index (χ0) is 24.1. The van der Waals surface area contributed by atoms with Crippen molar-refractivity contribution < 1.29 is 24.2 Å². The van der Waals surface area contributed by atoms with E-state index in [9.17, 15) is 14.7 Å². The summed E-state index contributed by atoms with van der Waals surface area (Å²) in [5.74, 6) is -0.152. The number of nitrogens with zero attached hydrogens (tertiary/aromatic N) is 3. The van der Waals surface area contributed by atoms with E-state index >= 15 is 0 Å². The number of phenolic OH excluding ortho intramolecular Hbond substituents is 1. The van der Waals surface area contributed by atoms with E-state index in [1.165, 1.54) is 25.6 Å². The zero-order valence-electron chi connectivity index (χ0n) is 18.7. The Morgan fingerprint density at radius 3 is 2.56 bits per heavy atom. The molecule has 2 amide bonds. The first-order valence-electron chi connectivity index (χ1n) is 10.7. The van der Waals surface area contributed by atoms with Crippen LogP contribution < -0.4 is 10.1 Å². The van der Waals surface area contributed by atoms with E-state index in [1.54, 1.807) is 48.5 Å². The molecule has 0 radical (unpaired) electrons. The second-order valence-electron chi connectivity index (χ2n) is 7.52. The topological polar surface area (TPSA) is 113 Å². The highest BCUT2D eigenvalue weighted by molar-refractivity contribution is 6.06. The molecule has 0 saturated carbocycles. The second-order valence-corrected chi connectivity index (χ2v) is 7.52. The van der Waals surface area contributed by atoms with Crippen molar-refractivity contribution in [1.29, 1.82) is 0 Å². The van der Waals surface area contributed by atoms with Crippen LogP contribution in [0.5, 0.6) is 11.5 Å². The molecule has 2 atom stereocenters. The monoisotopic (exact) mass is 460 g/mol. The lowest BCUT2D eigenvalue weighted by Crippen LogP contribution is -2.48. The number of aromatic hydroxyl groups is 1. The van der Waals surface area contributed by atoms with E-state index in [-0.39, 0.29) is 5.75 Å². The van der Waals surface area contributed by atoms with Crippen LogP contribution in [0.2, 0.25) is 0 Å². The summed E-state index contributed by atoms with van der Waals surface area (Å²) in [5.41, 5.74) is 2.03. The van der Waals surface area contributed by atoms with E-state index < -0.39 is 24.3 Å². The van der Waals surface area contributed by atoms with Crippen LogP contribution in [0.4, 0.5) is 4.79 Å². The van der Waals surface area contributed by atoms with Gasteiger partial charge in [-0.2, -0.15) is 10.1 Å². The number of hydrogen-bond acceptors (Lipinski definition) is 7. The maximum Gasteiger partial charge on any atom is 0.433 e. The average molecular weight is 460 g/mol. The van der Waals surface area contributed by atoms with Gasteiger partial charge in [0.25, 0.3) is 5.91 Å². The highest BCUT2D eigenvalue weighted by Gasteiger charge is 2.36. The van der Waals surface area contributed by atoms with Crippen LogP contribution in [-0.4, -0.2) is 46.0 Å². The van der Waals surface area contributed by atoms with E-state index in [1.807, 2.05) is 13.0 Å². The Hall–Kier alpha value is -4.40. The van der Waals surface area contributed by atoms with Crippen molar-refractivity contribution in [2.45, 2.75) is 25.6 Å². The summed E-state index contributed by atoms with van der Waals surface area (Å²) < 4.78 is 10.8. The molecular weight excluding hydrogens is 436 g/mol. The third kappa shape index (κ3) is 4.68. The summed E-state index contributed by atoms with van der Waals surface area (Å²) in [5, 5.41) is 18.8. The molecule has 174 valence electrons. The molecular formula is C25H24N4O5. The van der Waals surface area contributed by atoms with Crippen molar-refractivity contribution in [3.63, 3.8) is 0 Å². The molecule has 2 unspecified atom stereocenters. The smallest absolute Gasteiger partial charge is 0.433 e. The Labute approximate surface area is 196 Å². The Kier molecular flexibility index (Phi) is 6.72. The fourth-order valence-electron chi connectivity index (χ4n) is 3.62. The van der Waals surface area contributed by atoms with Crippen LogP contribution >= 0.6 is 0 Å². The van der Waals surface area contributed by atoms with Crippen LogP contribution in [-0.2, 0) is 4.74 Å². The molecule has 9 heteroatoms. The second kappa shape index (κ2) is 10.0. The fraction of sp³-hybridized carbons (Fsp3) is 0.200. The van der Waals surface area contributed by atoms with Gasteiger partial charge in [-0.25, -0.2) is 4.79 Å². The summed E-state index contributed by atoms with van der Waals surface area (Å²) in [6.45, 7) is 1.87. The molecule has 1 aromatic heterocycles. The summed E-state index contributed by atoms with van der Waals surface area (Å²) in [4.78, 5) is 29.9. The van der Waals surface area contributed by atoms with Crippen molar-refractivity contribution in [1.82, 2.24) is 15.3 Å². The molecule has 34 heavy (non-hydrogen) atoms. The number of methoxy groups -OCH3 is 1. The molecule has 0 fully saturated rings. The molecule has 0 spiro atoms. The van der Waals surface area contributed by atoms with E-state index in [0.717, 1.165) is 5.01 Å². The summed E-state index contributed by atoms with van der Waals surface area (Å²) >= 11 is 0. The summed E-state index contributed by atoms with van der Waals surface area (Å²) in [6.07, 6.45) is 1.25. The number of pyridine rings is 1. The highest BCUT2D eigenvalue weighted by atomic mass is 16.6. The van der Waals surface area contributed by atoms with Gasteiger partial charge in [0.15, 0.2) is 17.7 Å². The largest absolute Gasteiger partial charge is 0.504 e. The maximum atomic E-state index is 13.0. The van der Waals surface area contributed by atoms with Crippen molar-refractivity contribution in [2.75, 3.05) is 7.11 Å². The number of phenols is 1. The predicted octanol–water partition coefficient (Wildman–Crippen LogP) is 3.86. The van der Waals surface area contributed by atoms with Gasteiger partial charge in [-0.15, -0.1) is 0 Å². The molecule has 1 aliphatic rings. The quantitative estimate of drug-likeness (QED) is 0.554. The lowest BCUT2D eigenvalue weighted by atomic mass is 10.0. The number of rotatable bonds is 7. The van der Waals surface area contributed by atoms with Crippen LogP contribution in [0.25, 0.3) is 0 Å². The molecule has 0 saturated heterocycles. The number of carbonyl (C=O) groups excluding carboxylic acids is 2. The van der Waals surface area contributed by atoms with Gasteiger partial charge in [0.1, 0.15) is 11.8 Å². The molecule has 2 N–H and O–H groups in total. The normalized spacial score (nSPS) is 16.3. The van der Waals surface area contributed by atoms with Crippen LogP contribution in [0.3, 0.4) is 0 Å². The number of aromatic nitrogens is 1. The van der Waals surface area contributed by atoms with Gasteiger partial charge in [-0.3, -0.25) is 9.78 Å². The molecule has 3 aromatic rings. The van der Waals surface area contributed by atoms with E-state index in [0.29, 0.717) is 34.6 Å². The zero-order valence-corrected chi connectivity index (χ0v) is 18.7. The molecule has 2 heterocycles. The first-order valence-corrected chi connectivity index (χ1v) is 10.7. The van der Waals surface area contributed by atoms with Gasteiger partial charge >= 0.3 is 6.09 Å². The number of nitrogens with one attached hydrogen (secondary N) is 1. The van der Waals surface area contributed by atoms with Crippen LogP contribution in [0.1, 0.15) is 41.0 Å². The minimum absolute atomic E-state index is 0.0633. The minimum Gasteiger partial charge on any atom is -0.504 e. The van der Waals surface area contributed by atoms with E-state index in [2.05, 4.69) is 15.4 Å². The van der Waals surface area contributed by atoms with Gasteiger partial charge in [0, 0.05) is 23.5 Å². The number of cyclic esters (lactones) is 1. The molecule has 0 bridgehead atoms. The van der Waals surface area contributed by atoms with Gasteiger partial charge < -0.3 is 19.9 Å². The number of ether oxygens (including phenoxy) is 2. The SMILES string of the molecule is CCC1OC(=O)N(C(NC(=O)c2ccncc2)c2ccccc2)N=C1c1ccc(OC)c(O)c1. The molecule has 2 aromatic carbocycles. The predicted molar refractivity (Wildman–Crippen MR) is 124 cm³/mol. The fourth-order valence-corrected chi connectivity index (χ4v) is 3.62. The Balaban J connectivity index is 1.76. The molecule has 1 aliphatic heterocycles. The van der Waals surface area contributed by atoms with Crippen molar-refractivity contribution in [3.05, 3.63) is 89.7 Å². The van der Waals surface area contributed by atoms with Gasteiger partial charge in [0.05, 0.1) is 7.11 Å². The van der Waals surface area contributed by atoms with Crippen LogP contribution in [0, 0.1) is 0 Å². The molecule has 0 aliphatic carbocycles.